The van der Waals surface area contributed by atoms with Gasteiger partial charge in [0.15, 0.2) is 5.90 Å². The van der Waals surface area contributed by atoms with E-state index in [1.54, 1.807) is 13.4 Å². The van der Waals surface area contributed by atoms with E-state index in [9.17, 15) is 0 Å². The van der Waals surface area contributed by atoms with E-state index in [0.717, 1.165) is 36.5 Å². The zero-order chi connectivity index (χ0) is 15.9. The number of benzene rings is 1. The van der Waals surface area contributed by atoms with Crippen molar-refractivity contribution in [2.24, 2.45) is 4.99 Å². The Labute approximate surface area is 135 Å². The maximum Gasteiger partial charge on any atom is 0.180 e. The van der Waals surface area contributed by atoms with Crippen LogP contribution in [0.15, 0.2) is 35.8 Å². The molecule has 1 aromatic carbocycles. The first kappa shape index (κ1) is 14.2. The molecule has 0 radical (unpaired) electrons. The van der Waals surface area contributed by atoms with Crippen molar-refractivity contribution in [3.05, 3.63) is 42.0 Å². The van der Waals surface area contributed by atoms with Gasteiger partial charge in [0.25, 0.3) is 0 Å². The van der Waals surface area contributed by atoms with Crippen LogP contribution in [-0.2, 0) is 17.6 Å². The summed E-state index contributed by atoms with van der Waals surface area (Å²) in [5.74, 6) is 1.72. The Bertz CT molecular complexity index is 773. The molecule has 118 valence electrons. The van der Waals surface area contributed by atoms with Crippen LogP contribution >= 0.6 is 0 Å². The van der Waals surface area contributed by atoms with E-state index >= 15 is 0 Å². The van der Waals surface area contributed by atoms with Crippen molar-refractivity contribution in [1.82, 2.24) is 9.97 Å². The Balaban J connectivity index is 1.82. The molecule has 23 heavy (non-hydrogen) atoms. The minimum atomic E-state index is -0.129. The van der Waals surface area contributed by atoms with Crippen LogP contribution < -0.4 is 4.74 Å². The summed E-state index contributed by atoms with van der Waals surface area (Å²) < 4.78 is 11.3. The van der Waals surface area contributed by atoms with Gasteiger partial charge in [-0.2, -0.15) is 0 Å². The van der Waals surface area contributed by atoms with Gasteiger partial charge in [-0.1, -0.05) is 6.07 Å². The molecule has 0 unspecified atom stereocenters. The molecular formula is C18H19N3O2. The largest absolute Gasteiger partial charge is 0.496 e. The van der Waals surface area contributed by atoms with Crippen LogP contribution in [0.4, 0.5) is 0 Å². The van der Waals surface area contributed by atoms with Gasteiger partial charge in [0, 0.05) is 36.9 Å². The molecule has 1 aromatic heterocycles. The Morgan fingerprint density at radius 2 is 2.00 bits per heavy atom. The molecule has 2 aliphatic rings. The lowest BCUT2D eigenvalue weighted by atomic mass is 9.76. The average Bonchev–Trinajstić information content (AvgIpc) is 2.94. The molecule has 0 amide bonds. The molecule has 0 saturated heterocycles. The number of hydrogen-bond donors (Lipinski definition) is 0. The first-order chi connectivity index (χ1) is 11.2. The van der Waals surface area contributed by atoms with Gasteiger partial charge in [-0.05, 0) is 30.0 Å². The minimum Gasteiger partial charge on any atom is -0.496 e. The lowest BCUT2D eigenvalue weighted by Crippen LogP contribution is -2.36. The van der Waals surface area contributed by atoms with Crippen molar-refractivity contribution < 1.29 is 9.47 Å². The molecule has 1 aliphatic carbocycles. The van der Waals surface area contributed by atoms with Crippen LogP contribution in [0.25, 0.3) is 11.1 Å². The molecule has 1 atom stereocenters. The maximum absolute atomic E-state index is 5.64. The highest BCUT2D eigenvalue weighted by atomic mass is 16.5. The van der Waals surface area contributed by atoms with E-state index in [1.807, 2.05) is 25.4 Å². The molecule has 0 N–H and O–H groups in total. The topological polar surface area (TPSA) is 56.6 Å². The maximum atomic E-state index is 5.64. The molecule has 0 bridgehead atoms. The molecule has 4 rings (SSSR count). The lowest BCUT2D eigenvalue weighted by Gasteiger charge is -2.32. The highest BCUT2D eigenvalue weighted by Crippen LogP contribution is 2.42. The smallest absolute Gasteiger partial charge is 0.180 e. The van der Waals surface area contributed by atoms with Crippen LogP contribution in [0.2, 0.25) is 0 Å². The zero-order valence-corrected chi connectivity index (χ0v) is 13.4. The van der Waals surface area contributed by atoms with E-state index in [1.165, 1.54) is 16.7 Å². The SMILES string of the molecule is COc1ccc(-c2cncnc2)c2c1C[C@@]1(CC2)COC(C)=N1. The van der Waals surface area contributed by atoms with Crippen molar-refractivity contribution in [2.75, 3.05) is 13.7 Å². The Kier molecular flexibility index (Phi) is 3.29. The molecule has 5 nitrogen and oxygen atoms in total. The fourth-order valence-corrected chi connectivity index (χ4v) is 3.68. The molecule has 2 heterocycles. The van der Waals surface area contributed by atoms with Gasteiger partial charge in [0.05, 0.1) is 7.11 Å². The highest BCUT2D eigenvalue weighted by Gasteiger charge is 2.40. The monoisotopic (exact) mass is 309 g/mol. The average molecular weight is 309 g/mol. The standard InChI is InChI=1S/C18H19N3O2/c1-12-21-18(10-23-12)6-5-15-14(13-8-19-11-20-9-13)3-4-17(22-2)16(15)7-18/h3-4,8-9,11H,5-7,10H2,1-2H3/t18-/m0/s1. The summed E-state index contributed by atoms with van der Waals surface area (Å²) in [5, 5.41) is 0. The number of ether oxygens (including phenoxy) is 2. The first-order valence-corrected chi connectivity index (χ1v) is 7.84. The minimum absolute atomic E-state index is 0.129. The summed E-state index contributed by atoms with van der Waals surface area (Å²) >= 11 is 0. The summed E-state index contributed by atoms with van der Waals surface area (Å²) in [6.07, 6.45) is 8.08. The van der Waals surface area contributed by atoms with Gasteiger partial charge in [-0.25, -0.2) is 15.0 Å². The van der Waals surface area contributed by atoms with Gasteiger partial charge >= 0.3 is 0 Å². The van der Waals surface area contributed by atoms with E-state index in [2.05, 4.69) is 16.0 Å². The molecule has 5 heteroatoms. The summed E-state index contributed by atoms with van der Waals surface area (Å²) in [6, 6.07) is 4.14. The van der Waals surface area contributed by atoms with Crippen LogP contribution in [0.1, 0.15) is 24.5 Å². The summed E-state index contributed by atoms with van der Waals surface area (Å²) in [5.41, 5.74) is 4.67. The van der Waals surface area contributed by atoms with Crippen LogP contribution in [0.3, 0.4) is 0 Å². The third-order valence-electron chi connectivity index (χ3n) is 4.77. The number of rotatable bonds is 2. The van der Waals surface area contributed by atoms with Crippen molar-refractivity contribution in [2.45, 2.75) is 31.7 Å². The quantitative estimate of drug-likeness (QED) is 0.856. The number of hydrogen-bond acceptors (Lipinski definition) is 5. The third kappa shape index (κ3) is 2.36. The Morgan fingerprint density at radius 1 is 1.17 bits per heavy atom. The number of aromatic nitrogens is 2. The second kappa shape index (κ2) is 5.33. The summed E-state index contributed by atoms with van der Waals surface area (Å²) in [6.45, 7) is 2.60. The normalized spacial score (nSPS) is 22.4. The molecule has 1 spiro atoms. The third-order valence-corrected chi connectivity index (χ3v) is 4.77. The molecular weight excluding hydrogens is 290 g/mol. The van der Waals surface area contributed by atoms with Crippen molar-refractivity contribution in [3.8, 4) is 16.9 Å². The highest BCUT2D eigenvalue weighted by molar-refractivity contribution is 5.76. The van der Waals surface area contributed by atoms with Crippen molar-refractivity contribution in [1.29, 1.82) is 0 Å². The fourth-order valence-electron chi connectivity index (χ4n) is 3.68. The van der Waals surface area contributed by atoms with Crippen molar-refractivity contribution in [3.63, 3.8) is 0 Å². The van der Waals surface area contributed by atoms with E-state index in [-0.39, 0.29) is 5.54 Å². The second-order valence-corrected chi connectivity index (χ2v) is 6.22. The number of nitrogens with zero attached hydrogens (tertiary/aromatic N) is 3. The number of fused-ring (bicyclic) bond motifs is 1. The van der Waals surface area contributed by atoms with E-state index < -0.39 is 0 Å². The predicted molar refractivity (Wildman–Crippen MR) is 87.8 cm³/mol. The first-order valence-electron chi connectivity index (χ1n) is 7.84. The van der Waals surface area contributed by atoms with Gasteiger partial charge in [0.2, 0.25) is 0 Å². The molecule has 1 aliphatic heterocycles. The fraction of sp³-hybridized carbons (Fsp3) is 0.389. The Hall–Kier alpha value is -2.43. The molecule has 0 saturated carbocycles. The van der Waals surface area contributed by atoms with Gasteiger partial charge in [-0.3, -0.25) is 0 Å². The van der Waals surface area contributed by atoms with Gasteiger partial charge in [-0.15, -0.1) is 0 Å². The lowest BCUT2D eigenvalue weighted by molar-refractivity contribution is 0.234. The van der Waals surface area contributed by atoms with Crippen LogP contribution in [-0.4, -0.2) is 35.1 Å². The van der Waals surface area contributed by atoms with Crippen LogP contribution in [0, 0.1) is 0 Å². The van der Waals surface area contributed by atoms with Crippen molar-refractivity contribution >= 4 is 5.90 Å². The predicted octanol–water partition coefficient (Wildman–Crippen LogP) is 2.83. The van der Waals surface area contributed by atoms with Crippen LogP contribution in [0.5, 0.6) is 5.75 Å². The molecule has 2 aromatic rings. The Morgan fingerprint density at radius 3 is 2.70 bits per heavy atom. The zero-order valence-electron chi connectivity index (χ0n) is 13.4. The second-order valence-electron chi connectivity index (χ2n) is 6.22. The summed E-state index contributed by atoms with van der Waals surface area (Å²) in [4.78, 5) is 13.1. The van der Waals surface area contributed by atoms with E-state index in [4.69, 9.17) is 14.5 Å². The van der Waals surface area contributed by atoms with Gasteiger partial charge in [0.1, 0.15) is 24.2 Å². The van der Waals surface area contributed by atoms with E-state index in [0.29, 0.717) is 6.61 Å². The van der Waals surface area contributed by atoms with Gasteiger partial charge < -0.3 is 9.47 Å². The molecule has 0 fully saturated rings. The number of methoxy groups -OCH3 is 1. The summed E-state index contributed by atoms with van der Waals surface area (Å²) in [7, 11) is 1.72. The number of aliphatic imine (C=N–C) groups is 1.